The van der Waals surface area contributed by atoms with Crippen molar-refractivity contribution in [2.45, 2.75) is 32.7 Å². The molecule has 1 saturated heterocycles. The molecule has 1 aromatic rings. The smallest absolute Gasteiger partial charge is 0.0287 e. The molecule has 2 unspecified atom stereocenters. The lowest BCUT2D eigenvalue weighted by Gasteiger charge is -2.22. The van der Waals surface area contributed by atoms with Crippen LogP contribution in [0.1, 0.15) is 23.1 Å². The number of rotatable bonds is 4. The highest BCUT2D eigenvalue weighted by Crippen LogP contribution is 2.27. The molecular weight excluding hydrogens is 228 g/mol. The van der Waals surface area contributed by atoms with Gasteiger partial charge in [0, 0.05) is 6.04 Å². The van der Waals surface area contributed by atoms with Gasteiger partial charge in [0.1, 0.15) is 0 Å². The molecule has 1 heterocycles. The van der Waals surface area contributed by atoms with Crippen LogP contribution >= 0.6 is 11.8 Å². The van der Waals surface area contributed by atoms with Gasteiger partial charge in [-0.15, -0.1) is 0 Å². The third-order valence-electron chi connectivity index (χ3n) is 3.49. The van der Waals surface area contributed by atoms with Gasteiger partial charge in [-0.1, -0.05) is 29.3 Å². The monoisotopic (exact) mass is 250 g/mol. The van der Waals surface area contributed by atoms with E-state index in [0.717, 1.165) is 12.3 Å². The topological polar surface area (TPSA) is 38.0 Å². The zero-order valence-corrected chi connectivity index (χ0v) is 11.5. The predicted octanol–water partition coefficient (Wildman–Crippen LogP) is 2.43. The number of aryl methyl sites for hydroxylation is 2. The quantitative estimate of drug-likeness (QED) is 0.637. The average molecular weight is 250 g/mol. The molecule has 2 rings (SSSR count). The Morgan fingerprint density at radius 2 is 2.06 bits per heavy atom. The van der Waals surface area contributed by atoms with Crippen molar-refractivity contribution < 1.29 is 0 Å². The molecule has 0 spiro atoms. The summed E-state index contributed by atoms with van der Waals surface area (Å²) in [5.74, 6) is 8.98. The van der Waals surface area contributed by atoms with E-state index in [2.05, 4.69) is 37.5 Å². The Hall–Kier alpha value is -0.510. The van der Waals surface area contributed by atoms with Gasteiger partial charge in [0.25, 0.3) is 0 Å². The molecule has 0 aromatic heterocycles. The van der Waals surface area contributed by atoms with Crippen molar-refractivity contribution in [2.75, 3.05) is 11.5 Å². The molecule has 2 nitrogen and oxygen atoms in total. The zero-order valence-electron chi connectivity index (χ0n) is 10.7. The van der Waals surface area contributed by atoms with Crippen molar-refractivity contribution in [1.29, 1.82) is 0 Å². The largest absolute Gasteiger partial charge is 0.271 e. The fourth-order valence-electron chi connectivity index (χ4n) is 2.67. The second-order valence-electron chi connectivity index (χ2n) is 5.10. The predicted molar refractivity (Wildman–Crippen MR) is 76.2 cm³/mol. The van der Waals surface area contributed by atoms with Crippen molar-refractivity contribution in [3.8, 4) is 0 Å². The van der Waals surface area contributed by atoms with E-state index in [9.17, 15) is 0 Å². The molecule has 0 amide bonds. The molecule has 0 saturated carbocycles. The van der Waals surface area contributed by atoms with Crippen LogP contribution in [-0.2, 0) is 6.42 Å². The van der Waals surface area contributed by atoms with Crippen LogP contribution in [-0.4, -0.2) is 17.5 Å². The van der Waals surface area contributed by atoms with Gasteiger partial charge in [0.15, 0.2) is 0 Å². The first-order valence-corrected chi connectivity index (χ1v) is 7.45. The SMILES string of the molecule is Cc1cc(C)cc(CC(NN)C2CCSC2)c1. The standard InChI is InChI=1S/C14H22N2S/c1-10-5-11(2)7-12(6-10)8-14(16-15)13-3-4-17-9-13/h5-7,13-14,16H,3-4,8-9,15H2,1-2H3. The molecule has 1 aromatic carbocycles. The Kier molecular flexibility index (Phi) is 4.48. The first-order chi connectivity index (χ1) is 8.19. The van der Waals surface area contributed by atoms with Crippen LogP contribution in [0.4, 0.5) is 0 Å². The Morgan fingerprint density at radius 3 is 2.59 bits per heavy atom. The van der Waals surface area contributed by atoms with Crippen LogP contribution in [0.25, 0.3) is 0 Å². The van der Waals surface area contributed by atoms with Crippen LogP contribution in [0.15, 0.2) is 18.2 Å². The van der Waals surface area contributed by atoms with E-state index in [4.69, 9.17) is 5.84 Å². The highest BCUT2D eigenvalue weighted by atomic mass is 32.2. The summed E-state index contributed by atoms with van der Waals surface area (Å²) in [7, 11) is 0. The molecule has 0 bridgehead atoms. The average Bonchev–Trinajstić information content (AvgIpc) is 2.77. The van der Waals surface area contributed by atoms with Crippen LogP contribution in [0.2, 0.25) is 0 Å². The molecule has 3 heteroatoms. The van der Waals surface area contributed by atoms with Crippen LogP contribution in [0.3, 0.4) is 0 Å². The molecule has 1 fully saturated rings. The van der Waals surface area contributed by atoms with Crippen LogP contribution in [0.5, 0.6) is 0 Å². The zero-order chi connectivity index (χ0) is 12.3. The molecule has 94 valence electrons. The highest BCUT2D eigenvalue weighted by Gasteiger charge is 2.24. The number of nitrogens with one attached hydrogen (secondary N) is 1. The van der Waals surface area contributed by atoms with Crippen molar-refractivity contribution >= 4 is 11.8 Å². The van der Waals surface area contributed by atoms with Gasteiger partial charge in [-0.3, -0.25) is 11.3 Å². The maximum absolute atomic E-state index is 5.72. The Bertz CT molecular complexity index is 352. The first kappa shape index (κ1) is 12.9. The summed E-state index contributed by atoms with van der Waals surface area (Å²) in [6, 6.07) is 7.20. The summed E-state index contributed by atoms with van der Waals surface area (Å²) < 4.78 is 0. The van der Waals surface area contributed by atoms with Crippen molar-refractivity contribution in [1.82, 2.24) is 5.43 Å². The molecular formula is C14H22N2S. The van der Waals surface area contributed by atoms with Crippen molar-refractivity contribution in [3.05, 3.63) is 34.9 Å². The maximum Gasteiger partial charge on any atom is 0.0287 e. The van der Waals surface area contributed by atoms with E-state index in [0.29, 0.717) is 6.04 Å². The van der Waals surface area contributed by atoms with E-state index in [-0.39, 0.29) is 0 Å². The van der Waals surface area contributed by atoms with Crippen LogP contribution in [0, 0.1) is 19.8 Å². The van der Waals surface area contributed by atoms with E-state index in [1.54, 1.807) is 0 Å². The Balaban J connectivity index is 2.06. The van der Waals surface area contributed by atoms with Gasteiger partial charge < -0.3 is 0 Å². The summed E-state index contributed by atoms with van der Waals surface area (Å²) in [4.78, 5) is 0. The van der Waals surface area contributed by atoms with Gasteiger partial charge in [0.2, 0.25) is 0 Å². The van der Waals surface area contributed by atoms with E-state index < -0.39 is 0 Å². The number of thioether (sulfide) groups is 1. The second-order valence-corrected chi connectivity index (χ2v) is 6.25. The van der Waals surface area contributed by atoms with Gasteiger partial charge >= 0.3 is 0 Å². The molecule has 3 N–H and O–H groups in total. The minimum absolute atomic E-state index is 0.422. The molecule has 0 aliphatic carbocycles. The van der Waals surface area contributed by atoms with Gasteiger partial charge in [-0.2, -0.15) is 11.8 Å². The lowest BCUT2D eigenvalue weighted by molar-refractivity contribution is 0.386. The molecule has 17 heavy (non-hydrogen) atoms. The third kappa shape index (κ3) is 3.47. The van der Waals surface area contributed by atoms with Gasteiger partial charge in [-0.05, 0) is 49.7 Å². The summed E-state index contributed by atoms with van der Waals surface area (Å²) in [5.41, 5.74) is 7.11. The molecule has 2 atom stereocenters. The first-order valence-electron chi connectivity index (χ1n) is 6.30. The normalized spacial score (nSPS) is 21.7. The Labute approximate surface area is 108 Å². The van der Waals surface area contributed by atoms with E-state index in [1.165, 1.54) is 34.6 Å². The summed E-state index contributed by atoms with van der Waals surface area (Å²) in [6.07, 6.45) is 2.34. The van der Waals surface area contributed by atoms with E-state index >= 15 is 0 Å². The molecule has 1 aliphatic rings. The maximum atomic E-state index is 5.72. The fraction of sp³-hybridized carbons (Fsp3) is 0.571. The lowest BCUT2D eigenvalue weighted by Crippen LogP contribution is -2.42. The minimum atomic E-state index is 0.422. The number of nitrogens with two attached hydrogens (primary N) is 1. The van der Waals surface area contributed by atoms with Crippen molar-refractivity contribution in [3.63, 3.8) is 0 Å². The number of hydrogen-bond acceptors (Lipinski definition) is 3. The third-order valence-corrected chi connectivity index (χ3v) is 4.67. The minimum Gasteiger partial charge on any atom is -0.271 e. The Morgan fingerprint density at radius 1 is 1.35 bits per heavy atom. The van der Waals surface area contributed by atoms with E-state index in [1.807, 2.05) is 11.8 Å². The fourth-order valence-corrected chi connectivity index (χ4v) is 4.01. The number of hydrazine groups is 1. The number of benzene rings is 1. The van der Waals surface area contributed by atoms with Gasteiger partial charge in [0.05, 0.1) is 0 Å². The summed E-state index contributed by atoms with van der Waals surface area (Å²) in [6.45, 7) is 4.32. The molecule has 0 radical (unpaired) electrons. The summed E-state index contributed by atoms with van der Waals surface area (Å²) >= 11 is 2.05. The number of hydrogen-bond donors (Lipinski definition) is 2. The van der Waals surface area contributed by atoms with Gasteiger partial charge in [-0.25, -0.2) is 0 Å². The van der Waals surface area contributed by atoms with Crippen LogP contribution < -0.4 is 11.3 Å². The summed E-state index contributed by atoms with van der Waals surface area (Å²) in [5, 5.41) is 0. The molecule has 1 aliphatic heterocycles. The van der Waals surface area contributed by atoms with Crippen molar-refractivity contribution in [2.24, 2.45) is 11.8 Å². The lowest BCUT2D eigenvalue weighted by atomic mass is 9.92. The second kappa shape index (κ2) is 5.89. The highest BCUT2D eigenvalue weighted by molar-refractivity contribution is 7.99.